The molecule has 4 nitrogen and oxygen atoms in total. The molecule has 0 aromatic heterocycles. The quantitative estimate of drug-likeness (QED) is 0.606. The number of rotatable bonds is 6. The number of carbonyl (C=O) groups is 2. The molecule has 22 heavy (non-hydrogen) atoms. The molecule has 0 unspecified atom stereocenters. The van der Waals surface area contributed by atoms with Crippen molar-refractivity contribution < 1.29 is 19.1 Å². The minimum absolute atomic E-state index is 0.213. The number of carbonyl (C=O) groups excluding carboxylic acids is 2. The van der Waals surface area contributed by atoms with Gasteiger partial charge in [-0.1, -0.05) is 30.3 Å². The SMILES string of the molecule is CCOC(=O)CCc1ccc(C(=O)Oc2ccccc2)cc1. The van der Waals surface area contributed by atoms with Crippen LogP contribution in [0.1, 0.15) is 29.3 Å². The second kappa shape index (κ2) is 7.98. The van der Waals surface area contributed by atoms with Gasteiger partial charge in [0.2, 0.25) is 0 Å². The number of hydrogen-bond donors (Lipinski definition) is 0. The minimum atomic E-state index is -0.400. The first-order valence-electron chi connectivity index (χ1n) is 7.21. The van der Waals surface area contributed by atoms with Crippen LogP contribution in [0.2, 0.25) is 0 Å². The van der Waals surface area contributed by atoms with E-state index in [1.54, 1.807) is 43.3 Å². The van der Waals surface area contributed by atoms with Gasteiger partial charge in [0.1, 0.15) is 5.75 Å². The molecule has 0 aliphatic rings. The summed E-state index contributed by atoms with van der Waals surface area (Å²) in [5, 5.41) is 0. The van der Waals surface area contributed by atoms with Gasteiger partial charge in [-0.15, -0.1) is 0 Å². The number of benzene rings is 2. The molecule has 2 aromatic carbocycles. The second-order valence-electron chi connectivity index (χ2n) is 4.70. The number of para-hydroxylation sites is 1. The van der Waals surface area contributed by atoms with Gasteiger partial charge >= 0.3 is 11.9 Å². The standard InChI is InChI=1S/C18H18O4/c1-2-21-17(19)13-10-14-8-11-15(12-9-14)18(20)22-16-6-4-3-5-7-16/h3-9,11-12H,2,10,13H2,1H3. The second-order valence-corrected chi connectivity index (χ2v) is 4.70. The zero-order valence-corrected chi connectivity index (χ0v) is 12.5. The molecule has 114 valence electrons. The summed E-state index contributed by atoms with van der Waals surface area (Å²) in [6.45, 7) is 2.17. The molecular formula is C18H18O4. The smallest absolute Gasteiger partial charge is 0.343 e. The van der Waals surface area contributed by atoms with E-state index in [1.807, 2.05) is 18.2 Å². The lowest BCUT2D eigenvalue weighted by molar-refractivity contribution is -0.143. The van der Waals surface area contributed by atoms with Gasteiger partial charge in [0.15, 0.2) is 0 Å². The first-order valence-corrected chi connectivity index (χ1v) is 7.21. The molecule has 2 aromatic rings. The van der Waals surface area contributed by atoms with Crippen molar-refractivity contribution in [3.05, 3.63) is 65.7 Å². The van der Waals surface area contributed by atoms with E-state index >= 15 is 0 Å². The van der Waals surface area contributed by atoms with Crippen molar-refractivity contribution in [3.8, 4) is 5.75 Å². The molecule has 4 heteroatoms. The Morgan fingerprint density at radius 3 is 2.27 bits per heavy atom. The van der Waals surface area contributed by atoms with Crippen molar-refractivity contribution in [2.24, 2.45) is 0 Å². The van der Waals surface area contributed by atoms with Crippen LogP contribution in [-0.4, -0.2) is 18.5 Å². The van der Waals surface area contributed by atoms with Gasteiger partial charge < -0.3 is 9.47 Å². The van der Waals surface area contributed by atoms with Crippen LogP contribution >= 0.6 is 0 Å². The van der Waals surface area contributed by atoms with E-state index in [0.717, 1.165) is 5.56 Å². The summed E-state index contributed by atoms with van der Waals surface area (Å²) in [7, 11) is 0. The van der Waals surface area contributed by atoms with E-state index in [-0.39, 0.29) is 5.97 Å². The molecule has 0 heterocycles. The van der Waals surface area contributed by atoms with Crippen LogP contribution < -0.4 is 4.74 Å². The van der Waals surface area contributed by atoms with Crippen LogP contribution in [0.5, 0.6) is 5.75 Å². The normalized spacial score (nSPS) is 10.0. The van der Waals surface area contributed by atoms with E-state index in [4.69, 9.17) is 9.47 Å². The average Bonchev–Trinajstić information content (AvgIpc) is 2.54. The van der Waals surface area contributed by atoms with Gasteiger partial charge in [-0.25, -0.2) is 4.79 Å². The topological polar surface area (TPSA) is 52.6 Å². The van der Waals surface area contributed by atoms with Crippen molar-refractivity contribution in [3.63, 3.8) is 0 Å². The molecule has 0 radical (unpaired) electrons. The molecule has 0 saturated heterocycles. The highest BCUT2D eigenvalue weighted by atomic mass is 16.5. The van der Waals surface area contributed by atoms with Crippen LogP contribution in [-0.2, 0) is 16.0 Å². The summed E-state index contributed by atoms with van der Waals surface area (Å²) in [5.74, 6) is -0.0999. The van der Waals surface area contributed by atoms with Gasteiger partial charge in [-0.3, -0.25) is 4.79 Å². The molecule has 0 N–H and O–H groups in total. The molecule has 0 saturated carbocycles. The minimum Gasteiger partial charge on any atom is -0.466 e. The Bertz CT molecular complexity index is 617. The summed E-state index contributed by atoms with van der Waals surface area (Å²) >= 11 is 0. The van der Waals surface area contributed by atoms with Crippen LogP contribution in [0.4, 0.5) is 0 Å². The monoisotopic (exact) mass is 298 g/mol. The first kappa shape index (κ1) is 15.8. The fourth-order valence-electron chi connectivity index (χ4n) is 1.94. The largest absolute Gasteiger partial charge is 0.466 e. The van der Waals surface area contributed by atoms with Crippen LogP contribution in [0.15, 0.2) is 54.6 Å². The first-order chi connectivity index (χ1) is 10.7. The molecule has 0 atom stereocenters. The molecule has 0 bridgehead atoms. The van der Waals surface area contributed by atoms with Crippen molar-refractivity contribution in [1.82, 2.24) is 0 Å². The van der Waals surface area contributed by atoms with Gasteiger partial charge in [0.05, 0.1) is 12.2 Å². The van der Waals surface area contributed by atoms with Crippen molar-refractivity contribution >= 4 is 11.9 Å². The summed E-state index contributed by atoms with van der Waals surface area (Å²) in [6.07, 6.45) is 0.925. The third kappa shape index (κ3) is 4.74. The molecule has 0 aliphatic carbocycles. The molecular weight excluding hydrogens is 280 g/mol. The van der Waals surface area contributed by atoms with Gasteiger partial charge in [0.25, 0.3) is 0 Å². The zero-order chi connectivity index (χ0) is 15.8. The molecule has 0 spiro atoms. The van der Waals surface area contributed by atoms with E-state index < -0.39 is 5.97 Å². The molecule has 2 rings (SSSR count). The van der Waals surface area contributed by atoms with E-state index in [1.165, 1.54) is 0 Å². The number of aryl methyl sites for hydroxylation is 1. The summed E-state index contributed by atoms with van der Waals surface area (Å²) in [5.41, 5.74) is 1.45. The predicted octanol–water partition coefficient (Wildman–Crippen LogP) is 3.40. The van der Waals surface area contributed by atoms with Crippen LogP contribution in [0.3, 0.4) is 0 Å². The summed E-state index contributed by atoms with van der Waals surface area (Å²) in [6, 6.07) is 16.0. The van der Waals surface area contributed by atoms with Crippen molar-refractivity contribution in [2.75, 3.05) is 6.61 Å². The Hall–Kier alpha value is -2.62. The maximum absolute atomic E-state index is 12.0. The Labute approximate surface area is 129 Å². The van der Waals surface area contributed by atoms with Gasteiger partial charge in [-0.05, 0) is 43.2 Å². The highest BCUT2D eigenvalue weighted by Crippen LogP contribution is 2.13. The highest BCUT2D eigenvalue weighted by Gasteiger charge is 2.09. The summed E-state index contributed by atoms with van der Waals surface area (Å²) in [4.78, 5) is 23.3. The number of hydrogen-bond acceptors (Lipinski definition) is 4. The van der Waals surface area contributed by atoms with E-state index in [0.29, 0.717) is 30.8 Å². The molecule has 0 amide bonds. The lowest BCUT2D eigenvalue weighted by Gasteiger charge is -2.05. The Balaban J connectivity index is 1.91. The predicted molar refractivity (Wildman–Crippen MR) is 82.8 cm³/mol. The Morgan fingerprint density at radius 1 is 0.955 bits per heavy atom. The fraction of sp³-hybridized carbons (Fsp3) is 0.222. The van der Waals surface area contributed by atoms with Crippen molar-refractivity contribution in [2.45, 2.75) is 19.8 Å². The number of esters is 2. The molecule has 0 fully saturated rings. The molecule has 0 aliphatic heterocycles. The number of ether oxygens (including phenoxy) is 2. The van der Waals surface area contributed by atoms with Gasteiger partial charge in [-0.2, -0.15) is 0 Å². The van der Waals surface area contributed by atoms with E-state index in [9.17, 15) is 9.59 Å². The third-order valence-electron chi connectivity index (χ3n) is 3.07. The zero-order valence-electron chi connectivity index (χ0n) is 12.5. The lowest BCUT2D eigenvalue weighted by atomic mass is 10.1. The Kier molecular flexibility index (Phi) is 5.72. The maximum Gasteiger partial charge on any atom is 0.343 e. The van der Waals surface area contributed by atoms with Gasteiger partial charge in [0, 0.05) is 6.42 Å². The Morgan fingerprint density at radius 2 is 1.64 bits per heavy atom. The summed E-state index contributed by atoms with van der Waals surface area (Å²) < 4.78 is 10.1. The fourth-order valence-corrected chi connectivity index (χ4v) is 1.94. The lowest BCUT2D eigenvalue weighted by Crippen LogP contribution is -2.08. The third-order valence-corrected chi connectivity index (χ3v) is 3.07. The van der Waals surface area contributed by atoms with Crippen LogP contribution in [0.25, 0.3) is 0 Å². The van der Waals surface area contributed by atoms with Crippen LogP contribution in [0, 0.1) is 0 Å². The maximum atomic E-state index is 12.0. The highest BCUT2D eigenvalue weighted by molar-refractivity contribution is 5.91. The average molecular weight is 298 g/mol. The van der Waals surface area contributed by atoms with Crippen molar-refractivity contribution in [1.29, 1.82) is 0 Å². The van der Waals surface area contributed by atoms with E-state index in [2.05, 4.69) is 0 Å².